The molecule has 0 spiro atoms. The molecule has 0 bridgehead atoms. The Hall–Kier alpha value is -0.940. The van der Waals surface area contributed by atoms with Gasteiger partial charge in [0.25, 0.3) is 0 Å². The molecule has 1 aromatic carbocycles. The quantitative estimate of drug-likeness (QED) is 0.889. The van der Waals surface area contributed by atoms with Gasteiger partial charge in [-0.2, -0.15) is 13.2 Å². The lowest BCUT2D eigenvalue weighted by Gasteiger charge is -2.18. The minimum Gasteiger partial charge on any atom is -0.494 e. The maximum absolute atomic E-state index is 12.3. The molecule has 0 saturated carbocycles. The highest BCUT2D eigenvalue weighted by Gasteiger charge is 2.38. The van der Waals surface area contributed by atoms with Gasteiger partial charge in [0.1, 0.15) is 5.75 Å². The average molecular weight is 268 g/mol. The number of hydrogen-bond acceptors (Lipinski definition) is 2. The Morgan fingerprint density at radius 2 is 1.82 bits per heavy atom. The summed E-state index contributed by atoms with van der Waals surface area (Å²) in [5.74, 6) is -1.03. The predicted octanol–water partition coefficient (Wildman–Crippen LogP) is 3.25. The van der Waals surface area contributed by atoms with Crippen LogP contribution in [-0.4, -0.2) is 19.3 Å². The van der Waals surface area contributed by atoms with Crippen molar-refractivity contribution in [2.45, 2.75) is 12.6 Å². The monoisotopic (exact) mass is 267 g/mol. The van der Waals surface area contributed by atoms with Gasteiger partial charge < -0.3 is 10.5 Å². The third-order valence-corrected chi connectivity index (χ3v) is 2.55. The molecule has 17 heavy (non-hydrogen) atoms. The van der Waals surface area contributed by atoms with Gasteiger partial charge in [-0.25, -0.2) is 0 Å². The van der Waals surface area contributed by atoms with Crippen LogP contribution in [0.5, 0.6) is 5.75 Å². The molecule has 0 aromatic heterocycles. The summed E-state index contributed by atoms with van der Waals surface area (Å²) in [6, 6.07) is 6.43. The number of alkyl halides is 3. The van der Waals surface area contributed by atoms with Gasteiger partial charge in [0.2, 0.25) is 0 Å². The van der Waals surface area contributed by atoms with Gasteiger partial charge in [0.15, 0.2) is 0 Å². The Bertz CT molecular complexity index is 340. The van der Waals surface area contributed by atoms with Crippen molar-refractivity contribution < 1.29 is 17.9 Å². The number of rotatable bonds is 5. The van der Waals surface area contributed by atoms with Gasteiger partial charge in [-0.3, -0.25) is 0 Å². The standard InChI is InChI=1S/C11H13ClF3NO/c12-9-1-3-10(4-2-9)17-6-5-8(7-16)11(13,14)15/h1-4,8H,5-7,16H2. The highest BCUT2D eigenvalue weighted by Crippen LogP contribution is 2.28. The molecule has 1 aromatic rings. The molecule has 1 atom stereocenters. The van der Waals surface area contributed by atoms with Crippen LogP contribution < -0.4 is 10.5 Å². The van der Waals surface area contributed by atoms with Crippen molar-refractivity contribution in [3.05, 3.63) is 29.3 Å². The molecule has 0 radical (unpaired) electrons. The SMILES string of the molecule is NCC(CCOc1ccc(Cl)cc1)C(F)(F)F. The van der Waals surface area contributed by atoms with Gasteiger partial charge in [0, 0.05) is 11.6 Å². The van der Waals surface area contributed by atoms with Crippen molar-refractivity contribution in [3.63, 3.8) is 0 Å². The Kier molecular flexibility index (Phi) is 5.08. The summed E-state index contributed by atoms with van der Waals surface area (Å²) in [5, 5.41) is 0.549. The number of ether oxygens (including phenoxy) is 1. The number of benzene rings is 1. The molecular weight excluding hydrogens is 255 g/mol. The van der Waals surface area contributed by atoms with Gasteiger partial charge >= 0.3 is 6.18 Å². The zero-order valence-electron chi connectivity index (χ0n) is 9.01. The largest absolute Gasteiger partial charge is 0.494 e. The van der Waals surface area contributed by atoms with E-state index in [1.165, 1.54) is 0 Å². The van der Waals surface area contributed by atoms with Gasteiger partial charge in [-0.1, -0.05) is 11.6 Å². The normalized spacial score (nSPS) is 13.5. The van der Waals surface area contributed by atoms with Crippen molar-refractivity contribution in [1.82, 2.24) is 0 Å². The summed E-state index contributed by atoms with van der Waals surface area (Å²) in [7, 11) is 0. The van der Waals surface area contributed by atoms with Gasteiger partial charge in [-0.15, -0.1) is 0 Å². The molecule has 2 nitrogen and oxygen atoms in total. The minimum absolute atomic E-state index is 0.0248. The highest BCUT2D eigenvalue weighted by atomic mass is 35.5. The van der Waals surface area contributed by atoms with Crippen LogP contribution in [-0.2, 0) is 0 Å². The third-order valence-electron chi connectivity index (χ3n) is 2.30. The van der Waals surface area contributed by atoms with Gasteiger partial charge in [-0.05, 0) is 30.7 Å². The predicted molar refractivity (Wildman–Crippen MR) is 60.2 cm³/mol. The maximum atomic E-state index is 12.3. The summed E-state index contributed by atoms with van der Waals surface area (Å²) in [6.07, 6.45) is -4.42. The van der Waals surface area contributed by atoms with E-state index >= 15 is 0 Å². The van der Waals surface area contributed by atoms with Crippen LogP contribution >= 0.6 is 11.6 Å². The van der Waals surface area contributed by atoms with Crippen molar-refractivity contribution in [1.29, 1.82) is 0 Å². The Morgan fingerprint density at radius 1 is 1.24 bits per heavy atom. The molecule has 1 rings (SSSR count). The van der Waals surface area contributed by atoms with E-state index in [1.54, 1.807) is 24.3 Å². The second-order valence-corrected chi connectivity index (χ2v) is 4.00. The first kappa shape index (κ1) is 14.1. The maximum Gasteiger partial charge on any atom is 0.393 e. The van der Waals surface area contributed by atoms with Crippen molar-refractivity contribution in [3.8, 4) is 5.75 Å². The van der Waals surface area contributed by atoms with Crippen LogP contribution in [0.2, 0.25) is 5.02 Å². The van der Waals surface area contributed by atoms with Crippen LogP contribution in [0.4, 0.5) is 13.2 Å². The fourth-order valence-electron chi connectivity index (χ4n) is 1.27. The van der Waals surface area contributed by atoms with Crippen LogP contribution in [0, 0.1) is 5.92 Å². The van der Waals surface area contributed by atoms with E-state index in [4.69, 9.17) is 22.1 Å². The molecule has 0 fully saturated rings. The lowest BCUT2D eigenvalue weighted by atomic mass is 10.1. The second kappa shape index (κ2) is 6.12. The molecule has 0 aliphatic heterocycles. The summed E-state index contributed by atoms with van der Waals surface area (Å²) in [4.78, 5) is 0. The Morgan fingerprint density at radius 3 is 2.29 bits per heavy atom. The molecule has 0 aliphatic rings. The molecule has 0 amide bonds. The molecule has 96 valence electrons. The van der Waals surface area contributed by atoms with Crippen molar-refractivity contribution in [2.75, 3.05) is 13.2 Å². The highest BCUT2D eigenvalue weighted by molar-refractivity contribution is 6.30. The number of nitrogens with two attached hydrogens (primary N) is 1. The van der Waals surface area contributed by atoms with Crippen molar-refractivity contribution >= 4 is 11.6 Å². The Balaban J connectivity index is 2.39. The fourth-order valence-corrected chi connectivity index (χ4v) is 1.39. The third kappa shape index (κ3) is 4.83. The number of halogens is 4. The van der Waals surface area contributed by atoms with E-state index < -0.39 is 18.6 Å². The van der Waals surface area contributed by atoms with Crippen LogP contribution in [0.3, 0.4) is 0 Å². The summed E-state index contributed by atoms with van der Waals surface area (Å²) in [5.41, 5.74) is 5.07. The first-order chi connectivity index (χ1) is 7.93. The Labute approximate surface area is 103 Å². The van der Waals surface area contributed by atoms with E-state index in [9.17, 15) is 13.2 Å². The molecular formula is C11H13ClF3NO. The lowest BCUT2D eigenvalue weighted by molar-refractivity contribution is -0.174. The number of hydrogen-bond donors (Lipinski definition) is 1. The zero-order valence-corrected chi connectivity index (χ0v) is 9.76. The fraction of sp³-hybridized carbons (Fsp3) is 0.455. The molecule has 0 heterocycles. The topological polar surface area (TPSA) is 35.2 Å². The molecule has 6 heteroatoms. The molecule has 1 unspecified atom stereocenters. The summed E-state index contributed by atoms with van der Waals surface area (Å²) < 4.78 is 42.2. The zero-order chi connectivity index (χ0) is 12.9. The first-order valence-corrected chi connectivity index (χ1v) is 5.46. The lowest BCUT2D eigenvalue weighted by Crippen LogP contribution is -2.31. The second-order valence-electron chi connectivity index (χ2n) is 3.57. The van der Waals surface area contributed by atoms with E-state index in [2.05, 4.69) is 0 Å². The minimum atomic E-state index is -4.27. The van der Waals surface area contributed by atoms with Crippen LogP contribution in [0.1, 0.15) is 6.42 Å². The van der Waals surface area contributed by atoms with Gasteiger partial charge in [0.05, 0.1) is 12.5 Å². The van der Waals surface area contributed by atoms with E-state index in [0.717, 1.165) is 0 Å². The van der Waals surface area contributed by atoms with Crippen LogP contribution in [0.25, 0.3) is 0 Å². The van der Waals surface area contributed by atoms with Crippen LogP contribution in [0.15, 0.2) is 24.3 Å². The molecule has 0 saturated heterocycles. The smallest absolute Gasteiger partial charge is 0.393 e. The van der Waals surface area contributed by atoms with E-state index in [-0.39, 0.29) is 13.0 Å². The van der Waals surface area contributed by atoms with E-state index in [0.29, 0.717) is 10.8 Å². The first-order valence-electron chi connectivity index (χ1n) is 5.08. The van der Waals surface area contributed by atoms with E-state index in [1.807, 2.05) is 0 Å². The summed E-state index contributed by atoms with van der Waals surface area (Å²) in [6.45, 7) is -0.448. The van der Waals surface area contributed by atoms with Crippen molar-refractivity contribution in [2.24, 2.45) is 11.7 Å². The molecule has 0 aliphatic carbocycles. The average Bonchev–Trinajstić information content (AvgIpc) is 2.25. The summed E-state index contributed by atoms with van der Waals surface area (Å²) >= 11 is 5.66. The molecule has 2 N–H and O–H groups in total.